The molecule has 1 aromatic heterocycles. The van der Waals surface area contributed by atoms with Gasteiger partial charge < -0.3 is 15.8 Å². The third kappa shape index (κ3) is 1.12. The molecule has 0 radical (unpaired) electrons. The first kappa shape index (κ1) is 7.67. The summed E-state index contributed by atoms with van der Waals surface area (Å²) >= 11 is 0. The summed E-state index contributed by atoms with van der Waals surface area (Å²) < 4.78 is 0. The molecule has 0 unspecified atom stereocenters. The SMILES string of the molecule is Nc1cccc2[nH]c(=O)c(O)cc12. The van der Waals surface area contributed by atoms with E-state index in [1.165, 1.54) is 6.07 Å². The van der Waals surface area contributed by atoms with Crippen LogP contribution < -0.4 is 11.3 Å². The molecular formula is C9H8N2O2. The second kappa shape index (κ2) is 2.52. The smallest absolute Gasteiger partial charge is 0.290 e. The molecule has 0 saturated carbocycles. The fourth-order valence-corrected chi connectivity index (χ4v) is 1.24. The van der Waals surface area contributed by atoms with Crippen molar-refractivity contribution in [2.45, 2.75) is 0 Å². The van der Waals surface area contributed by atoms with Crippen LogP contribution in [0, 0.1) is 0 Å². The lowest BCUT2D eigenvalue weighted by Gasteiger charge is -2.00. The number of nitrogens with one attached hydrogen (secondary N) is 1. The van der Waals surface area contributed by atoms with E-state index in [-0.39, 0.29) is 5.75 Å². The predicted molar refractivity (Wildman–Crippen MR) is 50.6 cm³/mol. The normalized spacial score (nSPS) is 10.5. The van der Waals surface area contributed by atoms with Crippen molar-refractivity contribution < 1.29 is 5.11 Å². The minimum atomic E-state index is -0.502. The minimum absolute atomic E-state index is 0.314. The number of aromatic nitrogens is 1. The van der Waals surface area contributed by atoms with Crippen molar-refractivity contribution in [3.63, 3.8) is 0 Å². The Kier molecular flexibility index (Phi) is 1.48. The Morgan fingerprint density at radius 3 is 2.92 bits per heavy atom. The van der Waals surface area contributed by atoms with Crippen molar-refractivity contribution in [2.24, 2.45) is 0 Å². The van der Waals surface area contributed by atoms with Gasteiger partial charge >= 0.3 is 0 Å². The molecule has 13 heavy (non-hydrogen) atoms. The second-order valence-corrected chi connectivity index (χ2v) is 2.79. The molecule has 2 rings (SSSR count). The van der Waals surface area contributed by atoms with Crippen molar-refractivity contribution in [2.75, 3.05) is 5.73 Å². The van der Waals surface area contributed by atoms with Crippen LogP contribution in [0.5, 0.6) is 5.75 Å². The van der Waals surface area contributed by atoms with Gasteiger partial charge in [-0.3, -0.25) is 4.79 Å². The van der Waals surface area contributed by atoms with Gasteiger partial charge in [-0.25, -0.2) is 0 Å². The van der Waals surface area contributed by atoms with Crippen molar-refractivity contribution in [3.8, 4) is 5.75 Å². The molecule has 1 heterocycles. The summed E-state index contributed by atoms with van der Waals surface area (Å²) in [6, 6.07) is 6.54. The van der Waals surface area contributed by atoms with E-state index in [1.807, 2.05) is 0 Å². The average Bonchev–Trinajstić information content (AvgIpc) is 2.09. The number of rotatable bonds is 0. The summed E-state index contributed by atoms with van der Waals surface area (Å²) in [4.78, 5) is 13.5. The molecule has 0 aliphatic rings. The lowest BCUT2D eigenvalue weighted by atomic mass is 10.2. The van der Waals surface area contributed by atoms with Crippen LogP contribution >= 0.6 is 0 Å². The van der Waals surface area contributed by atoms with E-state index in [4.69, 9.17) is 10.8 Å². The van der Waals surface area contributed by atoms with E-state index < -0.39 is 5.56 Å². The van der Waals surface area contributed by atoms with E-state index in [0.29, 0.717) is 16.6 Å². The summed E-state index contributed by atoms with van der Waals surface area (Å²) in [7, 11) is 0. The number of aromatic hydroxyl groups is 1. The van der Waals surface area contributed by atoms with Gasteiger partial charge in [0, 0.05) is 11.1 Å². The third-order valence-electron chi connectivity index (χ3n) is 1.90. The van der Waals surface area contributed by atoms with E-state index in [2.05, 4.69) is 4.98 Å². The molecule has 0 spiro atoms. The summed E-state index contributed by atoms with van der Waals surface area (Å²) in [5.74, 6) is -0.314. The number of pyridine rings is 1. The summed E-state index contributed by atoms with van der Waals surface area (Å²) in [6.45, 7) is 0. The summed E-state index contributed by atoms with van der Waals surface area (Å²) in [5, 5.41) is 9.79. The molecule has 1 aromatic carbocycles. The molecule has 0 aliphatic heterocycles. The molecular weight excluding hydrogens is 168 g/mol. The van der Waals surface area contributed by atoms with Crippen LogP contribution in [0.3, 0.4) is 0 Å². The number of fused-ring (bicyclic) bond motifs is 1. The van der Waals surface area contributed by atoms with Gasteiger partial charge in [-0.2, -0.15) is 0 Å². The van der Waals surface area contributed by atoms with Crippen molar-refractivity contribution >= 4 is 16.6 Å². The maximum absolute atomic E-state index is 11.0. The first-order chi connectivity index (χ1) is 6.18. The Morgan fingerprint density at radius 2 is 2.15 bits per heavy atom. The molecule has 4 nitrogen and oxygen atoms in total. The Bertz CT molecular complexity index is 516. The molecule has 2 aromatic rings. The van der Waals surface area contributed by atoms with Gasteiger partial charge in [-0.1, -0.05) is 6.07 Å². The zero-order valence-electron chi connectivity index (χ0n) is 6.74. The molecule has 0 fully saturated rings. The van der Waals surface area contributed by atoms with Crippen LogP contribution in [-0.4, -0.2) is 10.1 Å². The monoisotopic (exact) mass is 176 g/mol. The number of nitrogen functional groups attached to an aromatic ring is 1. The fraction of sp³-hybridized carbons (Fsp3) is 0. The van der Waals surface area contributed by atoms with E-state index >= 15 is 0 Å². The molecule has 4 heteroatoms. The van der Waals surface area contributed by atoms with Crippen LogP contribution in [0.25, 0.3) is 10.9 Å². The molecule has 4 N–H and O–H groups in total. The molecule has 0 saturated heterocycles. The van der Waals surface area contributed by atoms with Crippen LogP contribution in [0.2, 0.25) is 0 Å². The quantitative estimate of drug-likeness (QED) is 0.520. The van der Waals surface area contributed by atoms with E-state index in [0.717, 1.165) is 0 Å². The van der Waals surface area contributed by atoms with Crippen molar-refractivity contribution in [1.82, 2.24) is 4.98 Å². The number of hydrogen-bond donors (Lipinski definition) is 3. The first-order valence-corrected chi connectivity index (χ1v) is 3.79. The largest absolute Gasteiger partial charge is 0.503 e. The van der Waals surface area contributed by atoms with Crippen molar-refractivity contribution in [1.29, 1.82) is 0 Å². The summed E-state index contributed by atoms with van der Waals surface area (Å²) in [5.41, 5.74) is 6.30. The van der Waals surface area contributed by atoms with Crippen molar-refractivity contribution in [3.05, 3.63) is 34.6 Å². The van der Waals surface area contributed by atoms with Gasteiger partial charge in [0.1, 0.15) is 0 Å². The lowest BCUT2D eigenvalue weighted by Crippen LogP contribution is -2.04. The van der Waals surface area contributed by atoms with E-state index in [1.54, 1.807) is 18.2 Å². The fourth-order valence-electron chi connectivity index (χ4n) is 1.24. The number of hydrogen-bond acceptors (Lipinski definition) is 3. The Labute approximate surface area is 73.6 Å². The lowest BCUT2D eigenvalue weighted by molar-refractivity contribution is 0.468. The molecule has 66 valence electrons. The highest BCUT2D eigenvalue weighted by atomic mass is 16.3. The minimum Gasteiger partial charge on any atom is -0.503 e. The van der Waals surface area contributed by atoms with Crippen LogP contribution in [-0.2, 0) is 0 Å². The highest BCUT2D eigenvalue weighted by Crippen LogP contribution is 2.19. The first-order valence-electron chi connectivity index (χ1n) is 3.79. The highest BCUT2D eigenvalue weighted by molar-refractivity contribution is 5.90. The number of aromatic amines is 1. The van der Waals surface area contributed by atoms with Crippen LogP contribution in [0.4, 0.5) is 5.69 Å². The maximum atomic E-state index is 11.0. The van der Waals surface area contributed by atoms with Crippen LogP contribution in [0.15, 0.2) is 29.1 Å². The van der Waals surface area contributed by atoms with Gasteiger partial charge in [-0.15, -0.1) is 0 Å². The van der Waals surface area contributed by atoms with E-state index in [9.17, 15) is 4.79 Å². The highest BCUT2D eigenvalue weighted by Gasteiger charge is 2.01. The molecule has 0 aliphatic carbocycles. The standard InChI is InChI=1S/C9H8N2O2/c10-6-2-1-3-7-5(6)4-8(12)9(13)11-7/h1-4,12H,10H2,(H,11,13). The second-order valence-electron chi connectivity index (χ2n) is 2.79. The zero-order chi connectivity index (χ0) is 9.42. The Balaban J connectivity index is 2.97. The van der Waals surface area contributed by atoms with Gasteiger partial charge in [0.2, 0.25) is 0 Å². The molecule has 0 bridgehead atoms. The number of nitrogens with two attached hydrogens (primary N) is 1. The molecule has 0 amide bonds. The predicted octanol–water partition coefficient (Wildman–Crippen LogP) is 0.816. The third-order valence-corrected chi connectivity index (χ3v) is 1.90. The van der Waals surface area contributed by atoms with Gasteiger partial charge in [0.25, 0.3) is 5.56 Å². The summed E-state index contributed by atoms with van der Waals surface area (Å²) in [6.07, 6.45) is 0. The van der Waals surface area contributed by atoms with Gasteiger partial charge in [0.15, 0.2) is 5.75 Å². The average molecular weight is 176 g/mol. The van der Waals surface area contributed by atoms with Crippen LogP contribution in [0.1, 0.15) is 0 Å². The molecule has 0 atom stereocenters. The Morgan fingerprint density at radius 1 is 1.38 bits per heavy atom. The Hall–Kier alpha value is -1.97. The van der Waals surface area contributed by atoms with Gasteiger partial charge in [0.05, 0.1) is 5.52 Å². The number of anilines is 1. The number of benzene rings is 1. The number of H-pyrrole nitrogens is 1. The van der Waals surface area contributed by atoms with Gasteiger partial charge in [-0.05, 0) is 18.2 Å². The topological polar surface area (TPSA) is 79.1 Å². The zero-order valence-corrected chi connectivity index (χ0v) is 6.74. The maximum Gasteiger partial charge on any atom is 0.290 e.